The van der Waals surface area contributed by atoms with Gasteiger partial charge in [0, 0.05) is 25.1 Å². The van der Waals surface area contributed by atoms with Crippen LogP contribution >= 0.6 is 11.3 Å². The maximum Gasteiger partial charge on any atom is 0.243 e. The van der Waals surface area contributed by atoms with Gasteiger partial charge < -0.3 is 9.64 Å². The largest absolute Gasteiger partial charge is 0.383 e. The van der Waals surface area contributed by atoms with Gasteiger partial charge in [-0.3, -0.25) is 4.79 Å². The van der Waals surface area contributed by atoms with Gasteiger partial charge in [-0.1, -0.05) is 12.1 Å². The molecule has 0 spiro atoms. The van der Waals surface area contributed by atoms with E-state index >= 15 is 0 Å². The summed E-state index contributed by atoms with van der Waals surface area (Å²) in [7, 11) is -2.64. The number of rotatable bonds is 11. The smallest absolute Gasteiger partial charge is 0.243 e. The lowest BCUT2D eigenvalue weighted by atomic mass is 10.2. The van der Waals surface area contributed by atoms with Gasteiger partial charge in [-0.15, -0.1) is 11.3 Å². The van der Waals surface area contributed by atoms with Crippen molar-refractivity contribution in [3.63, 3.8) is 0 Å². The second kappa shape index (κ2) is 11.7. The number of hydrogen-bond acceptors (Lipinski definition) is 5. The van der Waals surface area contributed by atoms with Crippen molar-refractivity contribution in [2.24, 2.45) is 0 Å². The molecular formula is C24H26F2N2O4S2. The number of sulfonamides is 1. The standard InChI is InChI=1S/C24H26F2N2O4S2/c1-18-11-14-33-23(18)16-27(15-19-3-5-20(25)6-4-19)24(29)17-28(12-13-32-2)34(30,31)22-9-7-21(26)8-10-22/h3-11,14H,12-13,15-17H2,1-2H3. The fourth-order valence-corrected chi connectivity index (χ4v) is 5.56. The molecule has 0 fully saturated rings. The molecule has 0 bridgehead atoms. The second-order valence-electron chi connectivity index (χ2n) is 7.69. The van der Waals surface area contributed by atoms with Gasteiger partial charge in [0.2, 0.25) is 15.9 Å². The summed E-state index contributed by atoms with van der Waals surface area (Å²) >= 11 is 1.50. The molecule has 0 saturated carbocycles. The van der Waals surface area contributed by atoms with Crippen LogP contribution in [0, 0.1) is 18.6 Å². The molecule has 2 aromatic carbocycles. The van der Waals surface area contributed by atoms with Crippen LogP contribution in [0.4, 0.5) is 8.78 Å². The Morgan fingerprint density at radius 3 is 2.15 bits per heavy atom. The Hall–Kier alpha value is -2.66. The van der Waals surface area contributed by atoms with Gasteiger partial charge in [0.05, 0.1) is 24.6 Å². The van der Waals surface area contributed by atoms with Gasteiger partial charge in [-0.05, 0) is 65.9 Å². The third-order valence-corrected chi connectivity index (χ3v) is 8.12. The molecule has 0 saturated heterocycles. The molecule has 10 heteroatoms. The first-order chi connectivity index (χ1) is 16.2. The van der Waals surface area contributed by atoms with Crippen LogP contribution in [-0.2, 0) is 32.6 Å². The van der Waals surface area contributed by atoms with Crippen LogP contribution < -0.4 is 0 Å². The number of methoxy groups -OCH3 is 1. The molecule has 3 rings (SSSR count). The van der Waals surface area contributed by atoms with E-state index in [1.165, 1.54) is 42.7 Å². The van der Waals surface area contributed by atoms with Gasteiger partial charge in [-0.2, -0.15) is 4.31 Å². The van der Waals surface area contributed by atoms with E-state index in [4.69, 9.17) is 4.74 Å². The number of carbonyl (C=O) groups is 1. The summed E-state index contributed by atoms with van der Waals surface area (Å²) in [5, 5.41) is 1.93. The number of ether oxygens (including phenoxy) is 1. The molecule has 0 aliphatic heterocycles. The second-order valence-corrected chi connectivity index (χ2v) is 10.6. The Morgan fingerprint density at radius 1 is 0.971 bits per heavy atom. The lowest BCUT2D eigenvalue weighted by Crippen LogP contribution is -2.43. The Kier molecular flexibility index (Phi) is 8.90. The van der Waals surface area contributed by atoms with Gasteiger partial charge in [0.15, 0.2) is 0 Å². The first-order valence-corrected chi connectivity index (χ1v) is 12.8. The average molecular weight is 509 g/mol. The molecule has 0 radical (unpaired) electrons. The first-order valence-electron chi connectivity index (χ1n) is 10.5. The summed E-state index contributed by atoms with van der Waals surface area (Å²) in [6, 6.07) is 12.2. The van der Waals surface area contributed by atoms with Crippen LogP contribution in [0.25, 0.3) is 0 Å². The third kappa shape index (κ3) is 6.69. The summed E-state index contributed by atoms with van der Waals surface area (Å²) in [6.45, 7) is 2.02. The summed E-state index contributed by atoms with van der Waals surface area (Å²) < 4.78 is 59.2. The van der Waals surface area contributed by atoms with E-state index in [0.29, 0.717) is 5.56 Å². The molecule has 6 nitrogen and oxygen atoms in total. The highest BCUT2D eigenvalue weighted by molar-refractivity contribution is 7.89. The molecule has 3 aromatic rings. The van der Waals surface area contributed by atoms with E-state index < -0.39 is 28.3 Å². The third-order valence-electron chi connectivity index (χ3n) is 5.25. The monoisotopic (exact) mass is 508 g/mol. The fourth-order valence-electron chi connectivity index (χ4n) is 3.27. The number of carbonyl (C=O) groups excluding carboxylic acids is 1. The van der Waals surface area contributed by atoms with Crippen molar-refractivity contribution in [1.29, 1.82) is 0 Å². The van der Waals surface area contributed by atoms with Crippen LogP contribution in [0.5, 0.6) is 0 Å². The van der Waals surface area contributed by atoms with Crippen LogP contribution in [0.2, 0.25) is 0 Å². The van der Waals surface area contributed by atoms with Gasteiger partial charge in [0.1, 0.15) is 11.6 Å². The Balaban J connectivity index is 1.87. The molecule has 34 heavy (non-hydrogen) atoms. The maximum absolute atomic E-state index is 13.4. The Morgan fingerprint density at radius 2 is 1.59 bits per heavy atom. The molecule has 1 aromatic heterocycles. The fraction of sp³-hybridized carbons (Fsp3) is 0.292. The summed E-state index contributed by atoms with van der Waals surface area (Å²) in [5.41, 5.74) is 1.74. The average Bonchev–Trinajstić information content (AvgIpc) is 3.22. The Labute approximate surface area is 202 Å². The molecule has 0 aliphatic carbocycles. The number of benzene rings is 2. The van der Waals surface area contributed by atoms with E-state index in [0.717, 1.165) is 26.9 Å². The minimum atomic E-state index is -4.08. The van der Waals surface area contributed by atoms with Crippen LogP contribution in [-0.4, -0.2) is 50.3 Å². The first kappa shape index (κ1) is 26.0. The summed E-state index contributed by atoms with van der Waals surface area (Å²) in [4.78, 5) is 15.8. The number of thiophene rings is 1. The SMILES string of the molecule is COCCN(CC(=O)N(Cc1ccc(F)cc1)Cc1sccc1C)S(=O)(=O)c1ccc(F)cc1. The van der Waals surface area contributed by atoms with E-state index in [9.17, 15) is 22.0 Å². The van der Waals surface area contributed by atoms with Crippen molar-refractivity contribution in [3.8, 4) is 0 Å². The number of nitrogens with zero attached hydrogens (tertiary/aromatic N) is 2. The van der Waals surface area contributed by atoms with Gasteiger partial charge >= 0.3 is 0 Å². The van der Waals surface area contributed by atoms with Crippen molar-refractivity contribution in [2.75, 3.05) is 26.8 Å². The van der Waals surface area contributed by atoms with Crippen molar-refractivity contribution in [3.05, 3.63) is 87.6 Å². The zero-order valence-corrected chi connectivity index (χ0v) is 20.5. The van der Waals surface area contributed by atoms with Crippen molar-refractivity contribution in [1.82, 2.24) is 9.21 Å². The maximum atomic E-state index is 13.4. The van der Waals surface area contributed by atoms with E-state index in [2.05, 4.69) is 0 Å². The highest BCUT2D eigenvalue weighted by Crippen LogP contribution is 2.21. The lowest BCUT2D eigenvalue weighted by molar-refractivity contribution is -0.132. The van der Waals surface area contributed by atoms with Gasteiger partial charge in [0.25, 0.3) is 0 Å². The molecule has 0 atom stereocenters. The molecule has 1 amide bonds. The van der Waals surface area contributed by atoms with E-state index in [1.807, 2.05) is 18.4 Å². The number of halogens is 2. The minimum Gasteiger partial charge on any atom is -0.383 e. The van der Waals surface area contributed by atoms with Crippen LogP contribution in [0.3, 0.4) is 0 Å². The molecule has 0 N–H and O–H groups in total. The zero-order valence-electron chi connectivity index (χ0n) is 18.9. The zero-order chi connectivity index (χ0) is 24.7. The topological polar surface area (TPSA) is 66.9 Å². The van der Waals surface area contributed by atoms with Crippen LogP contribution in [0.15, 0.2) is 64.9 Å². The highest BCUT2D eigenvalue weighted by atomic mass is 32.2. The van der Waals surface area contributed by atoms with E-state index in [1.54, 1.807) is 17.0 Å². The normalized spacial score (nSPS) is 11.7. The summed E-state index contributed by atoms with van der Waals surface area (Å²) in [6.07, 6.45) is 0. The van der Waals surface area contributed by atoms with Crippen molar-refractivity contribution < 1.29 is 26.7 Å². The summed E-state index contributed by atoms with van der Waals surface area (Å²) in [5.74, 6) is -1.36. The molecule has 0 aliphatic rings. The van der Waals surface area contributed by atoms with Crippen molar-refractivity contribution >= 4 is 27.3 Å². The molecular weight excluding hydrogens is 482 g/mol. The predicted molar refractivity (Wildman–Crippen MR) is 127 cm³/mol. The van der Waals surface area contributed by atoms with Gasteiger partial charge in [-0.25, -0.2) is 17.2 Å². The minimum absolute atomic E-state index is 0.0512. The Bertz CT molecular complexity index is 1200. The number of aryl methyl sites for hydroxylation is 1. The van der Waals surface area contributed by atoms with E-state index in [-0.39, 0.29) is 37.0 Å². The quantitative estimate of drug-likeness (QED) is 0.389. The highest BCUT2D eigenvalue weighted by Gasteiger charge is 2.29. The van der Waals surface area contributed by atoms with Crippen molar-refractivity contribution in [2.45, 2.75) is 24.9 Å². The molecule has 1 heterocycles. The molecule has 182 valence electrons. The number of hydrogen-bond donors (Lipinski definition) is 0. The predicted octanol–water partition coefficient (Wildman–Crippen LogP) is 4.20. The molecule has 0 unspecified atom stereocenters. The lowest BCUT2D eigenvalue weighted by Gasteiger charge is -2.27. The number of amides is 1. The van der Waals surface area contributed by atoms with Crippen LogP contribution in [0.1, 0.15) is 16.0 Å².